The number of carbonyl (C=O) groups is 1. The van der Waals surface area contributed by atoms with Crippen molar-refractivity contribution in [3.05, 3.63) is 29.8 Å². The number of hydrogen-bond donors (Lipinski definition) is 1. The molecule has 0 saturated carbocycles. The molecule has 122 valence electrons. The summed E-state index contributed by atoms with van der Waals surface area (Å²) in [4.78, 5) is 16.7. The van der Waals surface area contributed by atoms with E-state index in [4.69, 9.17) is 0 Å². The molecule has 0 aliphatic carbocycles. The maximum absolute atomic E-state index is 11.8. The number of aryl methyl sites for hydroxylation is 1. The predicted octanol–water partition coefficient (Wildman–Crippen LogP) is 2.28. The van der Waals surface area contributed by atoms with Gasteiger partial charge in [-0.1, -0.05) is 32.9 Å². The molecular weight excluding hydrogens is 274 g/mol. The van der Waals surface area contributed by atoms with E-state index in [1.807, 2.05) is 20.8 Å². The fraction of sp³-hybridized carbons (Fsp3) is 0.611. The number of nitrogens with one attached hydrogen (secondary N) is 1. The van der Waals surface area contributed by atoms with Crippen molar-refractivity contribution in [3.63, 3.8) is 0 Å². The second-order valence-corrected chi connectivity index (χ2v) is 7.17. The molecule has 0 bridgehead atoms. The first-order valence-corrected chi connectivity index (χ1v) is 8.18. The van der Waals surface area contributed by atoms with Crippen LogP contribution in [0, 0.1) is 12.3 Å². The lowest BCUT2D eigenvalue weighted by molar-refractivity contribution is -0.128. The molecule has 1 aromatic carbocycles. The minimum Gasteiger partial charge on any atom is -0.369 e. The Morgan fingerprint density at radius 1 is 1.18 bits per heavy atom. The molecule has 0 atom stereocenters. The van der Waals surface area contributed by atoms with Crippen LogP contribution in [0.4, 0.5) is 5.69 Å². The molecule has 0 spiro atoms. The molecule has 1 heterocycles. The van der Waals surface area contributed by atoms with Crippen molar-refractivity contribution in [2.75, 3.05) is 44.2 Å². The Morgan fingerprint density at radius 3 is 2.45 bits per heavy atom. The van der Waals surface area contributed by atoms with Crippen molar-refractivity contribution in [2.45, 2.75) is 27.7 Å². The normalized spacial score (nSPS) is 16.6. The van der Waals surface area contributed by atoms with Gasteiger partial charge < -0.3 is 10.2 Å². The van der Waals surface area contributed by atoms with Gasteiger partial charge in [0.1, 0.15) is 0 Å². The summed E-state index contributed by atoms with van der Waals surface area (Å²) < 4.78 is 0. The average Bonchev–Trinajstić information content (AvgIpc) is 2.47. The van der Waals surface area contributed by atoms with Crippen LogP contribution < -0.4 is 10.2 Å². The summed E-state index contributed by atoms with van der Waals surface area (Å²) >= 11 is 0. The molecule has 22 heavy (non-hydrogen) atoms. The number of piperazine rings is 1. The number of benzene rings is 1. The first kappa shape index (κ1) is 16.8. The van der Waals surface area contributed by atoms with Gasteiger partial charge in [0.25, 0.3) is 0 Å². The summed E-state index contributed by atoms with van der Waals surface area (Å²) in [5.41, 5.74) is 2.33. The zero-order valence-electron chi connectivity index (χ0n) is 14.4. The van der Waals surface area contributed by atoms with Gasteiger partial charge in [-0.2, -0.15) is 0 Å². The van der Waals surface area contributed by atoms with Crippen LogP contribution in [0.3, 0.4) is 0 Å². The first-order valence-electron chi connectivity index (χ1n) is 8.18. The zero-order valence-corrected chi connectivity index (χ0v) is 14.4. The largest absolute Gasteiger partial charge is 0.369 e. The Hall–Kier alpha value is -1.55. The van der Waals surface area contributed by atoms with E-state index in [0.29, 0.717) is 0 Å². The Kier molecular flexibility index (Phi) is 5.46. The number of rotatable bonds is 4. The van der Waals surface area contributed by atoms with Crippen LogP contribution in [-0.4, -0.2) is 50.1 Å². The van der Waals surface area contributed by atoms with Crippen molar-refractivity contribution in [1.29, 1.82) is 0 Å². The van der Waals surface area contributed by atoms with E-state index >= 15 is 0 Å². The maximum Gasteiger partial charge on any atom is 0.225 e. The Labute approximate surface area is 134 Å². The van der Waals surface area contributed by atoms with Crippen molar-refractivity contribution >= 4 is 11.6 Å². The van der Waals surface area contributed by atoms with E-state index in [0.717, 1.165) is 39.3 Å². The lowest BCUT2D eigenvalue weighted by atomic mass is 9.96. The Balaban J connectivity index is 1.73. The van der Waals surface area contributed by atoms with Crippen LogP contribution >= 0.6 is 0 Å². The molecule has 4 heteroatoms. The summed E-state index contributed by atoms with van der Waals surface area (Å²) in [6.45, 7) is 13.9. The van der Waals surface area contributed by atoms with Crippen LogP contribution in [-0.2, 0) is 4.79 Å². The Bertz CT molecular complexity index is 499. The molecule has 1 N–H and O–H groups in total. The number of hydrogen-bond acceptors (Lipinski definition) is 3. The van der Waals surface area contributed by atoms with Crippen molar-refractivity contribution in [1.82, 2.24) is 10.2 Å². The molecule has 1 aliphatic heterocycles. The molecule has 2 rings (SSSR count). The van der Waals surface area contributed by atoms with Gasteiger partial charge in [-0.3, -0.25) is 9.69 Å². The summed E-state index contributed by atoms with van der Waals surface area (Å²) in [6.07, 6.45) is 0. The molecule has 1 aromatic rings. The van der Waals surface area contributed by atoms with Gasteiger partial charge in [-0.05, 0) is 24.6 Å². The standard InChI is InChI=1S/C18H29N3O/c1-15-6-5-7-16(14-15)21-12-10-20(11-13-21)9-8-19-17(22)18(2,3)4/h5-7,14H,8-13H2,1-4H3,(H,19,22). The van der Waals surface area contributed by atoms with E-state index in [-0.39, 0.29) is 11.3 Å². The highest BCUT2D eigenvalue weighted by Crippen LogP contribution is 2.17. The highest BCUT2D eigenvalue weighted by molar-refractivity contribution is 5.81. The molecular formula is C18H29N3O. The van der Waals surface area contributed by atoms with E-state index in [1.165, 1.54) is 11.3 Å². The average molecular weight is 303 g/mol. The third kappa shape index (κ3) is 4.73. The van der Waals surface area contributed by atoms with Gasteiger partial charge in [-0.25, -0.2) is 0 Å². The third-order valence-electron chi connectivity index (χ3n) is 4.13. The lowest BCUT2D eigenvalue weighted by Gasteiger charge is -2.36. The minimum atomic E-state index is -0.302. The van der Waals surface area contributed by atoms with Crippen LogP contribution in [0.15, 0.2) is 24.3 Å². The second-order valence-electron chi connectivity index (χ2n) is 7.17. The SMILES string of the molecule is Cc1cccc(N2CCN(CCNC(=O)C(C)(C)C)CC2)c1. The highest BCUT2D eigenvalue weighted by Gasteiger charge is 2.21. The summed E-state index contributed by atoms with van der Waals surface area (Å²) in [7, 11) is 0. The van der Waals surface area contributed by atoms with Gasteiger partial charge in [-0.15, -0.1) is 0 Å². The highest BCUT2D eigenvalue weighted by atomic mass is 16.2. The van der Waals surface area contributed by atoms with Crippen molar-refractivity contribution in [2.24, 2.45) is 5.41 Å². The summed E-state index contributed by atoms with van der Waals surface area (Å²) in [6, 6.07) is 8.70. The van der Waals surface area contributed by atoms with E-state index in [2.05, 4.69) is 46.3 Å². The Morgan fingerprint density at radius 2 is 1.86 bits per heavy atom. The fourth-order valence-electron chi connectivity index (χ4n) is 2.65. The van der Waals surface area contributed by atoms with Crippen LogP contribution in [0.5, 0.6) is 0 Å². The van der Waals surface area contributed by atoms with Gasteiger partial charge in [0.15, 0.2) is 0 Å². The van der Waals surface area contributed by atoms with Crippen LogP contribution in [0.1, 0.15) is 26.3 Å². The molecule has 4 nitrogen and oxygen atoms in total. The predicted molar refractivity (Wildman–Crippen MR) is 92.3 cm³/mol. The molecule has 1 fully saturated rings. The molecule has 0 unspecified atom stereocenters. The second kappa shape index (κ2) is 7.14. The van der Waals surface area contributed by atoms with Crippen LogP contribution in [0.2, 0.25) is 0 Å². The van der Waals surface area contributed by atoms with E-state index in [1.54, 1.807) is 0 Å². The molecule has 1 aliphatic rings. The van der Waals surface area contributed by atoms with Gasteiger partial charge in [0.05, 0.1) is 0 Å². The molecule has 1 saturated heterocycles. The number of nitrogens with zero attached hydrogens (tertiary/aromatic N) is 2. The molecule has 1 amide bonds. The smallest absolute Gasteiger partial charge is 0.225 e. The first-order chi connectivity index (χ1) is 10.4. The topological polar surface area (TPSA) is 35.6 Å². The molecule has 0 aromatic heterocycles. The molecule has 0 radical (unpaired) electrons. The third-order valence-corrected chi connectivity index (χ3v) is 4.13. The summed E-state index contributed by atoms with van der Waals surface area (Å²) in [5.74, 6) is 0.130. The monoisotopic (exact) mass is 303 g/mol. The minimum absolute atomic E-state index is 0.130. The van der Waals surface area contributed by atoms with E-state index in [9.17, 15) is 4.79 Å². The zero-order chi connectivity index (χ0) is 16.2. The van der Waals surface area contributed by atoms with Gasteiger partial charge in [0, 0.05) is 50.4 Å². The number of carbonyl (C=O) groups excluding carboxylic acids is 1. The van der Waals surface area contributed by atoms with Gasteiger partial charge in [0.2, 0.25) is 5.91 Å². The lowest BCUT2D eigenvalue weighted by Crippen LogP contribution is -2.49. The number of amides is 1. The maximum atomic E-state index is 11.8. The van der Waals surface area contributed by atoms with Gasteiger partial charge >= 0.3 is 0 Å². The quantitative estimate of drug-likeness (QED) is 0.927. The van der Waals surface area contributed by atoms with E-state index < -0.39 is 0 Å². The number of anilines is 1. The van der Waals surface area contributed by atoms with Crippen molar-refractivity contribution in [3.8, 4) is 0 Å². The van der Waals surface area contributed by atoms with Crippen LogP contribution in [0.25, 0.3) is 0 Å². The van der Waals surface area contributed by atoms with Crippen molar-refractivity contribution < 1.29 is 4.79 Å². The summed E-state index contributed by atoms with van der Waals surface area (Å²) in [5, 5.41) is 3.03. The fourth-order valence-corrected chi connectivity index (χ4v) is 2.65.